The number of piperidine rings is 1. The van der Waals surface area contributed by atoms with Gasteiger partial charge in [-0.3, -0.25) is 4.90 Å². The lowest BCUT2D eigenvalue weighted by Crippen LogP contribution is -2.47. The molecule has 0 saturated carbocycles. The molecule has 29 heavy (non-hydrogen) atoms. The number of nitrogens with zero attached hydrogens (tertiary/aromatic N) is 5. The summed E-state index contributed by atoms with van der Waals surface area (Å²) >= 11 is 12.3. The number of aromatic nitrogens is 2. The summed E-state index contributed by atoms with van der Waals surface area (Å²) in [6, 6.07) is 8.13. The molecule has 0 radical (unpaired) electrons. The Morgan fingerprint density at radius 1 is 1.14 bits per heavy atom. The van der Waals surface area contributed by atoms with Crippen molar-refractivity contribution in [2.75, 3.05) is 56.2 Å². The molecule has 2 saturated heterocycles. The predicted octanol–water partition coefficient (Wildman–Crippen LogP) is 3.72. The van der Waals surface area contributed by atoms with Crippen molar-refractivity contribution < 1.29 is 4.74 Å². The van der Waals surface area contributed by atoms with Crippen LogP contribution in [-0.4, -0.2) is 67.4 Å². The minimum absolute atomic E-state index is 0.373. The van der Waals surface area contributed by atoms with Crippen LogP contribution in [0.25, 0.3) is 0 Å². The first kappa shape index (κ1) is 20.7. The fourth-order valence-corrected chi connectivity index (χ4v) is 4.66. The minimum Gasteiger partial charge on any atom is -0.378 e. The zero-order chi connectivity index (χ0) is 20.2. The number of morpholine rings is 1. The average Bonchev–Trinajstić information content (AvgIpc) is 2.73. The zero-order valence-electron chi connectivity index (χ0n) is 16.7. The number of likely N-dealkylation sites (tertiary alicyclic amines) is 1. The minimum atomic E-state index is 0.373. The van der Waals surface area contributed by atoms with Crippen LogP contribution in [0.5, 0.6) is 0 Å². The van der Waals surface area contributed by atoms with Crippen LogP contribution >= 0.6 is 23.2 Å². The maximum atomic E-state index is 6.17. The molecule has 1 aromatic carbocycles. The average molecular weight is 436 g/mol. The summed E-state index contributed by atoms with van der Waals surface area (Å²) in [6.07, 6.45) is 4.14. The molecule has 2 fully saturated rings. The highest BCUT2D eigenvalue weighted by atomic mass is 35.5. The molecule has 0 aliphatic carbocycles. The van der Waals surface area contributed by atoms with Crippen LogP contribution < -0.4 is 9.80 Å². The van der Waals surface area contributed by atoms with Crippen molar-refractivity contribution in [1.82, 2.24) is 14.9 Å². The maximum Gasteiger partial charge on any atom is 0.227 e. The van der Waals surface area contributed by atoms with E-state index in [1.54, 1.807) is 6.07 Å². The van der Waals surface area contributed by atoms with Crippen LogP contribution in [0.1, 0.15) is 18.4 Å². The molecule has 4 rings (SSSR count). The van der Waals surface area contributed by atoms with Gasteiger partial charge in [-0.05, 0) is 49.2 Å². The van der Waals surface area contributed by atoms with Gasteiger partial charge in [0.15, 0.2) is 0 Å². The smallest absolute Gasteiger partial charge is 0.227 e. The van der Waals surface area contributed by atoms with E-state index in [9.17, 15) is 0 Å². The molecule has 0 N–H and O–H groups in total. The van der Waals surface area contributed by atoms with Crippen LogP contribution in [0.3, 0.4) is 0 Å². The topological polar surface area (TPSA) is 44.7 Å². The normalized spacial score (nSPS) is 20.7. The van der Waals surface area contributed by atoms with Crippen molar-refractivity contribution in [1.29, 1.82) is 0 Å². The van der Waals surface area contributed by atoms with Crippen LogP contribution in [0.15, 0.2) is 30.5 Å². The molecule has 3 heterocycles. The first-order valence-electron chi connectivity index (χ1n) is 10.1. The largest absolute Gasteiger partial charge is 0.378 e. The second-order valence-corrected chi connectivity index (χ2v) is 8.61. The third kappa shape index (κ3) is 5.31. The number of halogens is 2. The number of anilines is 2. The van der Waals surface area contributed by atoms with E-state index >= 15 is 0 Å². The summed E-state index contributed by atoms with van der Waals surface area (Å²) in [5.74, 6) is 1.76. The summed E-state index contributed by atoms with van der Waals surface area (Å²) in [7, 11) is 2.10. The van der Waals surface area contributed by atoms with Crippen LogP contribution in [0.2, 0.25) is 10.0 Å². The van der Waals surface area contributed by atoms with Gasteiger partial charge < -0.3 is 14.5 Å². The lowest BCUT2D eigenvalue weighted by molar-refractivity contribution is 0.122. The number of benzene rings is 1. The van der Waals surface area contributed by atoms with E-state index in [0.717, 1.165) is 76.1 Å². The molecule has 6 nitrogen and oxygen atoms in total. The SMILES string of the molecule is CN(c1nccc(N2CCOCC2)n1)C1CCCN(Cc2cc(Cl)cc(Cl)c2)C1. The standard InChI is InChI=1S/C21H27Cl2N5O/c1-26(21-24-5-4-20(25-21)28-7-9-29-10-8-28)19-3-2-6-27(15-19)14-16-11-17(22)13-18(23)12-16/h4-5,11-13,19H,2-3,6-10,14-15H2,1H3. The van der Waals surface area contributed by atoms with E-state index in [1.807, 2.05) is 24.4 Å². The highest BCUT2D eigenvalue weighted by Crippen LogP contribution is 2.24. The Morgan fingerprint density at radius 3 is 2.66 bits per heavy atom. The van der Waals surface area contributed by atoms with Gasteiger partial charge in [0.25, 0.3) is 0 Å². The fraction of sp³-hybridized carbons (Fsp3) is 0.524. The Bertz CT molecular complexity index is 810. The van der Waals surface area contributed by atoms with Crippen LogP contribution in [0, 0.1) is 0 Å². The Hall–Kier alpha value is -1.60. The maximum absolute atomic E-state index is 6.17. The Labute approximate surface area is 182 Å². The third-order valence-electron chi connectivity index (χ3n) is 5.64. The van der Waals surface area contributed by atoms with E-state index in [0.29, 0.717) is 16.1 Å². The molecule has 0 spiro atoms. The van der Waals surface area contributed by atoms with Crippen molar-refractivity contribution in [2.24, 2.45) is 0 Å². The second-order valence-electron chi connectivity index (χ2n) is 7.73. The van der Waals surface area contributed by atoms with Crippen LogP contribution in [0.4, 0.5) is 11.8 Å². The number of rotatable bonds is 5. The van der Waals surface area contributed by atoms with Crippen molar-refractivity contribution in [3.05, 3.63) is 46.1 Å². The number of likely N-dealkylation sites (N-methyl/N-ethyl adjacent to an activating group) is 1. The molecule has 1 atom stereocenters. The molecule has 1 unspecified atom stereocenters. The number of hydrogen-bond donors (Lipinski definition) is 0. The third-order valence-corrected chi connectivity index (χ3v) is 6.07. The van der Waals surface area contributed by atoms with Crippen molar-refractivity contribution in [2.45, 2.75) is 25.4 Å². The Balaban J connectivity index is 1.42. The highest BCUT2D eigenvalue weighted by Gasteiger charge is 2.25. The van der Waals surface area contributed by atoms with E-state index < -0.39 is 0 Å². The highest BCUT2D eigenvalue weighted by molar-refractivity contribution is 6.34. The lowest BCUT2D eigenvalue weighted by Gasteiger charge is -2.38. The van der Waals surface area contributed by atoms with Gasteiger partial charge in [-0.25, -0.2) is 4.98 Å². The van der Waals surface area contributed by atoms with Gasteiger partial charge in [-0.15, -0.1) is 0 Å². The van der Waals surface area contributed by atoms with Crippen LogP contribution in [-0.2, 0) is 11.3 Å². The molecule has 0 amide bonds. The van der Waals surface area contributed by atoms with Gasteiger partial charge in [-0.1, -0.05) is 23.2 Å². The Kier molecular flexibility index (Phi) is 6.75. The second kappa shape index (κ2) is 9.47. The van der Waals surface area contributed by atoms with Gasteiger partial charge in [0.1, 0.15) is 5.82 Å². The van der Waals surface area contributed by atoms with Crippen molar-refractivity contribution in [3.63, 3.8) is 0 Å². The van der Waals surface area contributed by atoms with Crippen molar-refractivity contribution >= 4 is 35.0 Å². The van der Waals surface area contributed by atoms with E-state index in [-0.39, 0.29) is 0 Å². The summed E-state index contributed by atoms with van der Waals surface area (Å²) in [4.78, 5) is 16.3. The lowest BCUT2D eigenvalue weighted by atomic mass is 10.0. The van der Waals surface area contributed by atoms with Gasteiger partial charge in [0, 0.05) is 55.5 Å². The molecule has 2 aliphatic rings. The Morgan fingerprint density at radius 2 is 1.90 bits per heavy atom. The van der Waals surface area contributed by atoms with Gasteiger partial charge in [0.2, 0.25) is 5.95 Å². The number of hydrogen-bond acceptors (Lipinski definition) is 6. The first-order chi connectivity index (χ1) is 14.1. The molecule has 2 aromatic rings. The molecule has 2 aliphatic heterocycles. The fourth-order valence-electron chi connectivity index (χ4n) is 4.09. The molecular formula is C21H27Cl2N5O. The summed E-state index contributed by atoms with van der Waals surface area (Å²) in [5, 5.41) is 1.37. The molecule has 156 valence electrons. The summed E-state index contributed by atoms with van der Waals surface area (Å²) < 4.78 is 5.45. The molecule has 1 aromatic heterocycles. The number of ether oxygens (including phenoxy) is 1. The summed E-state index contributed by atoms with van der Waals surface area (Å²) in [5.41, 5.74) is 1.15. The molecule has 8 heteroatoms. The van der Waals surface area contributed by atoms with E-state index in [4.69, 9.17) is 32.9 Å². The quantitative estimate of drug-likeness (QED) is 0.712. The first-order valence-corrected chi connectivity index (χ1v) is 10.9. The van der Waals surface area contributed by atoms with Gasteiger partial charge in [-0.2, -0.15) is 4.98 Å². The summed E-state index contributed by atoms with van der Waals surface area (Å²) in [6.45, 7) is 6.13. The van der Waals surface area contributed by atoms with E-state index in [2.05, 4.69) is 26.7 Å². The monoisotopic (exact) mass is 435 g/mol. The zero-order valence-corrected chi connectivity index (χ0v) is 18.2. The molecule has 0 bridgehead atoms. The predicted molar refractivity (Wildman–Crippen MR) is 118 cm³/mol. The van der Waals surface area contributed by atoms with Gasteiger partial charge >= 0.3 is 0 Å². The molecular weight excluding hydrogens is 409 g/mol. The van der Waals surface area contributed by atoms with Crippen molar-refractivity contribution in [3.8, 4) is 0 Å². The van der Waals surface area contributed by atoms with E-state index in [1.165, 1.54) is 0 Å². The van der Waals surface area contributed by atoms with Gasteiger partial charge in [0.05, 0.1) is 13.2 Å².